The van der Waals surface area contributed by atoms with Gasteiger partial charge in [-0.15, -0.1) is 0 Å². The highest BCUT2D eigenvalue weighted by molar-refractivity contribution is 7.89. The number of aromatic amines is 1. The SMILES string of the molecule is O=C1CCCN1c1ccc(S(=O)(=O)N2CCN(c3ncnc4nc[nH]c34)CC2)cc1. The number of hydrogen-bond acceptors (Lipinski definition) is 7. The molecule has 0 saturated carbocycles. The minimum absolute atomic E-state index is 0.0813. The largest absolute Gasteiger partial charge is 0.352 e. The molecule has 10 nitrogen and oxygen atoms in total. The number of sulfonamides is 1. The predicted molar refractivity (Wildman–Crippen MR) is 111 cm³/mol. The van der Waals surface area contributed by atoms with Crippen molar-refractivity contribution in [2.45, 2.75) is 17.7 Å². The highest BCUT2D eigenvalue weighted by Crippen LogP contribution is 2.26. The van der Waals surface area contributed by atoms with E-state index in [1.54, 1.807) is 35.5 Å². The highest BCUT2D eigenvalue weighted by Gasteiger charge is 2.30. The van der Waals surface area contributed by atoms with Crippen LogP contribution in [0.3, 0.4) is 0 Å². The van der Waals surface area contributed by atoms with Crippen molar-refractivity contribution < 1.29 is 13.2 Å². The topological polar surface area (TPSA) is 115 Å². The molecule has 2 saturated heterocycles. The summed E-state index contributed by atoms with van der Waals surface area (Å²) in [5.74, 6) is 0.812. The molecule has 0 atom stereocenters. The molecule has 4 heterocycles. The zero-order valence-electron chi connectivity index (χ0n) is 16.2. The lowest BCUT2D eigenvalue weighted by molar-refractivity contribution is -0.117. The number of H-pyrrole nitrogens is 1. The van der Waals surface area contributed by atoms with Gasteiger partial charge in [-0.2, -0.15) is 4.31 Å². The number of benzene rings is 1. The lowest BCUT2D eigenvalue weighted by atomic mass is 10.3. The molecule has 30 heavy (non-hydrogen) atoms. The fourth-order valence-corrected chi connectivity index (χ4v) is 5.42. The van der Waals surface area contributed by atoms with Crippen molar-refractivity contribution in [3.63, 3.8) is 0 Å². The molecule has 2 aromatic heterocycles. The van der Waals surface area contributed by atoms with E-state index in [2.05, 4.69) is 19.9 Å². The van der Waals surface area contributed by atoms with Gasteiger partial charge in [-0.25, -0.2) is 23.4 Å². The Hall–Kier alpha value is -3.05. The van der Waals surface area contributed by atoms with Crippen LogP contribution < -0.4 is 9.80 Å². The van der Waals surface area contributed by atoms with Gasteiger partial charge in [-0.05, 0) is 30.7 Å². The molecule has 3 aromatic rings. The van der Waals surface area contributed by atoms with Gasteiger partial charge in [0, 0.05) is 44.8 Å². The molecule has 1 amide bonds. The van der Waals surface area contributed by atoms with E-state index in [0.29, 0.717) is 44.8 Å². The number of imidazole rings is 1. The van der Waals surface area contributed by atoms with Crippen molar-refractivity contribution in [2.75, 3.05) is 42.5 Å². The van der Waals surface area contributed by atoms with Gasteiger partial charge in [0.15, 0.2) is 11.5 Å². The number of anilines is 2. The summed E-state index contributed by atoms with van der Waals surface area (Å²) in [6, 6.07) is 6.59. The molecule has 2 aliphatic rings. The second kappa shape index (κ2) is 7.33. The van der Waals surface area contributed by atoms with Gasteiger partial charge in [0.25, 0.3) is 0 Å². The third kappa shape index (κ3) is 3.19. The molecule has 1 aromatic carbocycles. The van der Waals surface area contributed by atoms with Crippen LogP contribution in [-0.4, -0.2) is 71.3 Å². The molecule has 11 heteroatoms. The van der Waals surface area contributed by atoms with Crippen LogP contribution in [0.25, 0.3) is 11.2 Å². The predicted octanol–water partition coefficient (Wildman–Crippen LogP) is 0.991. The lowest BCUT2D eigenvalue weighted by Gasteiger charge is -2.34. The first-order chi connectivity index (χ1) is 14.5. The maximum Gasteiger partial charge on any atom is 0.243 e. The second-order valence-electron chi connectivity index (χ2n) is 7.33. The number of hydrogen-bond donors (Lipinski definition) is 1. The van der Waals surface area contributed by atoms with E-state index in [9.17, 15) is 13.2 Å². The van der Waals surface area contributed by atoms with E-state index in [1.807, 2.05) is 4.90 Å². The Morgan fingerprint density at radius 2 is 1.70 bits per heavy atom. The molecular formula is C19H21N7O3S. The van der Waals surface area contributed by atoms with E-state index in [-0.39, 0.29) is 10.8 Å². The van der Waals surface area contributed by atoms with Gasteiger partial charge in [0.1, 0.15) is 11.8 Å². The van der Waals surface area contributed by atoms with E-state index >= 15 is 0 Å². The van der Waals surface area contributed by atoms with Gasteiger partial charge in [-0.1, -0.05) is 0 Å². The Bertz CT molecular complexity index is 1180. The van der Waals surface area contributed by atoms with Crippen molar-refractivity contribution in [1.82, 2.24) is 24.2 Å². The molecular weight excluding hydrogens is 406 g/mol. The Morgan fingerprint density at radius 3 is 2.40 bits per heavy atom. The van der Waals surface area contributed by atoms with Crippen LogP contribution in [0.1, 0.15) is 12.8 Å². The number of amides is 1. The fourth-order valence-electron chi connectivity index (χ4n) is 4.00. The number of carbonyl (C=O) groups is 1. The average molecular weight is 427 g/mol. The average Bonchev–Trinajstić information content (AvgIpc) is 3.42. The molecule has 156 valence electrons. The number of rotatable bonds is 4. The first-order valence-electron chi connectivity index (χ1n) is 9.84. The normalized spacial score (nSPS) is 18.5. The third-order valence-electron chi connectivity index (χ3n) is 5.60. The summed E-state index contributed by atoms with van der Waals surface area (Å²) in [4.78, 5) is 31.5. The first-order valence-corrected chi connectivity index (χ1v) is 11.3. The van der Waals surface area contributed by atoms with Crippen LogP contribution in [0.5, 0.6) is 0 Å². The molecule has 1 N–H and O–H groups in total. The summed E-state index contributed by atoms with van der Waals surface area (Å²) in [5.41, 5.74) is 2.08. The van der Waals surface area contributed by atoms with Gasteiger partial charge >= 0.3 is 0 Å². The fraction of sp³-hybridized carbons (Fsp3) is 0.368. The number of carbonyl (C=O) groups excluding carboxylic acids is 1. The van der Waals surface area contributed by atoms with Gasteiger partial charge in [0.05, 0.1) is 11.2 Å². The summed E-state index contributed by atoms with van der Waals surface area (Å²) >= 11 is 0. The monoisotopic (exact) mass is 427 g/mol. The summed E-state index contributed by atoms with van der Waals surface area (Å²) in [5, 5.41) is 0. The number of nitrogens with zero attached hydrogens (tertiary/aromatic N) is 6. The highest BCUT2D eigenvalue weighted by atomic mass is 32.2. The van der Waals surface area contributed by atoms with Crippen molar-refractivity contribution in [3.8, 4) is 0 Å². The van der Waals surface area contributed by atoms with Crippen LogP contribution in [0, 0.1) is 0 Å². The number of aromatic nitrogens is 4. The minimum Gasteiger partial charge on any atom is -0.352 e. The first kappa shape index (κ1) is 18.9. The van der Waals surface area contributed by atoms with Crippen LogP contribution in [-0.2, 0) is 14.8 Å². The van der Waals surface area contributed by atoms with Crippen molar-refractivity contribution in [3.05, 3.63) is 36.9 Å². The van der Waals surface area contributed by atoms with Crippen LogP contribution >= 0.6 is 0 Å². The summed E-state index contributed by atoms with van der Waals surface area (Å²) < 4.78 is 27.7. The lowest BCUT2D eigenvalue weighted by Crippen LogP contribution is -2.49. The smallest absolute Gasteiger partial charge is 0.243 e. The maximum atomic E-state index is 13.1. The number of nitrogens with one attached hydrogen (secondary N) is 1. The van der Waals surface area contributed by atoms with Gasteiger partial charge in [0.2, 0.25) is 15.9 Å². The van der Waals surface area contributed by atoms with Gasteiger partial charge in [-0.3, -0.25) is 4.79 Å². The quantitative estimate of drug-likeness (QED) is 0.660. The Kier molecular flexibility index (Phi) is 4.63. The van der Waals surface area contributed by atoms with Crippen molar-refractivity contribution >= 4 is 38.6 Å². The maximum absolute atomic E-state index is 13.1. The standard InChI is InChI=1S/C19H21N7O3S/c27-16-2-1-7-26(16)14-3-5-15(6-4-14)30(28,29)25-10-8-24(9-11-25)19-17-18(21-12-20-17)22-13-23-19/h3-6,12-13H,1-2,7-11H2,(H,20,21,22,23). The minimum atomic E-state index is -3.60. The Labute approximate surface area is 173 Å². The molecule has 0 unspecified atom stereocenters. The third-order valence-corrected chi connectivity index (χ3v) is 7.51. The zero-order valence-corrected chi connectivity index (χ0v) is 17.0. The van der Waals surface area contributed by atoms with Crippen molar-refractivity contribution in [2.24, 2.45) is 0 Å². The summed E-state index contributed by atoms with van der Waals surface area (Å²) in [6.45, 7) is 2.43. The number of piperazine rings is 1. The number of fused-ring (bicyclic) bond motifs is 1. The van der Waals surface area contributed by atoms with E-state index in [0.717, 1.165) is 23.4 Å². The molecule has 0 spiro atoms. The Balaban J connectivity index is 1.30. The molecule has 2 fully saturated rings. The molecule has 0 aliphatic carbocycles. The van der Waals surface area contributed by atoms with E-state index < -0.39 is 10.0 Å². The van der Waals surface area contributed by atoms with Crippen LogP contribution in [0.2, 0.25) is 0 Å². The molecule has 0 bridgehead atoms. The molecule has 2 aliphatic heterocycles. The molecule has 5 rings (SSSR count). The van der Waals surface area contributed by atoms with E-state index in [4.69, 9.17) is 0 Å². The van der Waals surface area contributed by atoms with Crippen LogP contribution in [0.15, 0.2) is 41.8 Å². The van der Waals surface area contributed by atoms with E-state index in [1.165, 1.54) is 10.6 Å². The summed E-state index contributed by atoms with van der Waals surface area (Å²) in [6.07, 6.45) is 4.42. The summed E-state index contributed by atoms with van der Waals surface area (Å²) in [7, 11) is -3.60. The Morgan fingerprint density at radius 1 is 0.933 bits per heavy atom. The second-order valence-corrected chi connectivity index (χ2v) is 9.27. The zero-order chi connectivity index (χ0) is 20.7. The van der Waals surface area contributed by atoms with Gasteiger partial charge < -0.3 is 14.8 Å². The van der Waals surface area contributed by atoms with Crippen LogP contribution in [0.4, 0.5) is 11.5 Å². The van der Waals surface area contributed by atoms with Crippen molar-refractivity contribution in [1.29, 1.82) is 0 Å². The molecule has 0 radical (unpaired) electrons.